The summed E-state index contributed by atoms with van der Waals surface area (Å²) in [5.41, 5.74) is 30.1. The Kier molecular flexibility index (Phi) is 16.4. The van der Waals surface area contributed by atoms with Crippen LogP contribution in [0.1, 0.15) is 146 Å². The van der Waals surface area contributed by atoms with Crippen molar-refractivity contribution in [2.75, 3.05) is 4.90 Å². The number of rotatable bonds is 14. The van der Waals surface area contributed by atoms with Gasteiger partial charge in [0.15, 0.2) is 0 Å². The molecule has 13 rings (SSSR count). The van der Waals surface area contributed by atoms with Crippen LogP contribution in [0.15, 0.2) is 212 Å². The van der Waals surface area contributed by atoms with Gasteiger partial charge in [0, 0.05) is 33.5 Å². The topological polar surface area (TPSA) is 8.17 Å². The van der Waals surface area contributed by atoms with Crippen molar-refractivity contribution in [1.29, 1.82) is 0 Å². The Morgan fingerprint density at radius 2 is 0.929 bits per heavy atom. The Bertz CT molecular complexity index is 4120. The zero-order valence-electron chi connectivity index (χ0n) is 52.1. The Morgan fingerprint density at radius 3 is 1.53 bits per heavy atom. The molecular formula is C83H86N2. The average molecular weight is 1110 g/mol. The number of aryl methyl sites for hydroxylation is 5. The molecule has 0 atom stereocenters. The zero-order valence-corrected chi connectivity index (χ0v) is 52.1. The minimum absolute atomic E-state index is 0.109. The summed E-state index contributed by atoms with van der Waals surface area (Å²) in [5.74, 6) is 0. The molecule has 3 heterocycles. The summed E-state index contributed by atoms with van der Waals surface area (Å²) >= 11 is 0. The fourth-order valence-electron chi connectivity index (χ4n) is 13.4. The Hall–Kier alpha value is -8.20. The SMILES string of the molecule is CCCCCCc1cc2c(cc1-c1ccc(N(c3ccc(-c4ccc(CCC)cc4)cc3)c3ccc(-c4ccc(C(C)(C)C)cc4)cc3)cc1C)CCCCCc1cc(ccc1-c1ccc(C(C)(C)C)cc1)-n1c3ccccc3c3cc-2ccc31. The van der Waals surface area contributed by atoms with E-state index in [9.17, 15) is 0 Å². The minimum atomic E-state index is 0.109. The number of anilines is 3. The zero-order chi connectivity index (χ0) is 58.8. The fraction of sp³-hybridized carbons (Fsp3) is 0.277. The van der Waals surface area contributed by atoms with Gasteiger partial charge in [0.25, 0.3) is 0 Å². The Balaban J connectivity index is 0.941. The lowest BCUT2D eigenvalue weighted by molar-refractivity contribution is 0.590. The van der Waals surface area contributed by atoms with E-state index < -0.39 is 0 Å². The summed E-state index contributed by atoms with van der Waals surface area (Å²) in [6.45, 7) is 20.7. The summed E-state index contributed by atoms with van der Waals surface area (Å²) in [6, 6.07) is 82.1. The van der Waals surface area contributed by atoms with Gasteiger partial charge in [0.2, 0.25) is 0 Å². The predicted octanol–water partition coefficient (Wildman–Crippen LogP) is 23.8. The van der Waals surface area contributed by atoms with Gasteiger partial charge in [-0.25, -0.2) is 0 Å². The quantitative estimate of drug-likeness (QED) is 0.0986. The van der Waals surface area contributed by atoms with Crippen molar-refractivity contribution in [2.45, 2.75) is 150 Å². The summed E-state index contributed by atoms with van der Waals surface area (Å²) in [5, 5.41) is 2.61. The molecule has 428 valence electrons. The third-order valence-corrected chi connectivity index (χ3v) is 18.3. The third-order valence-electron chi connectivity index (χ3n) is 18.3. The lowest BCUT2D eigenvalue weighted by atomic mass is 9.85. The molecule has 0 fully saturated rings. The van der Waals surface area contributed by atoms with Crippen molar-refractivity contribution in [1.82, 2.24) is 4.57 Å². The molecule has 0 amide bonds. The highest BCUT2D eigenvalue weighted by atomic mass is 15.1. The second-order valence-corrected chi connectivity index (χ2v) is 26.5. The number of aromatic nitrogens is 1. The first-order valence-electron chi connectivity index (χ1n) is 32.0. The number of hydrogen-bond donors (Lipinski definition) is 0. The molecule has 2 nitrogen and oxygen atoms in total. The average Bonchev–Trinajstić information content (AvgIpc) is 2.40. The molecule has 2 heteroatoms. The van der Waals surface area contributed by atoms with Crippen molar-refractivity contribution in [3.05, 3.63) is 251 Å². The lowest BCUT2D eigenvalue weighted by Crippen LogP contribution is -2.10. The number of unbranched alkanes of at least 4 members (excludes halogenated alkanes) is 3. The van der Waals surface area contributed by atoms with Crippen molar-refractivity contribution < 1.29 is 0 Å². The molecule has 0 N–H and O–H groups in total. The van der Waals surface area contributed by atoms with E-state index in [0.717, 1.165) is 68.4 Å². The summed E-state index contributed by atoms with van der Waals surface area (Å²) in [4.78, 5) is 2.45. The number of fused-ring (bicyclic) bond motifs is 6. The summed E-state index contributed by atoms with van der Waals surface area (Å²) < 4.78 is 2.52. The van der Waals surface area contributed by atoms with Crippen LogP contribution in [0.3, 0.4) is 0 Å². The highest BCUT2D eigenvalue weighted by Crippen LogP contribution is 2.44. The van der Waals surface area contributed by atoms with E-state index in [2.05, 4.69) is 284 Å². The smallest absolute Gasteiger partial charge is 0.0541 e. The molecule has 6 bridgehead atoms. The highest BCUT2D eigenvalue weighted by Gasteiger charge is 2.22. The maximum Gasteiger partial charge on any atom is 0.0541 e. The van der Waals surface area contributed by atoms with Crippen LogP contribution in [0.25, 0.3) is 83.1 Å². The number of para-hydroxylation sites is 1. The van der Waals surface area contributed by atoms with Crippen molar-refractivity contribution in [3.8, 4) is 61.3 Å². The molecule has 0 unspecified atom stereocenters. The summed E-state index contributed by atoms with van der Waals surface area (Å²) in [7, 11) is 0. The second-order valence-electron chi connectivity index (χ2n) is 26.5. The normalized spacial score (nSPS) is 12.9. The van der Waals surface area contributed by atoms with E-state index in [-0.39, 0.29) is 10.8 Å². The van der Waals surface area contributed by atoms with E-state index in [1.165, 1.54) is 148 Å². The van der Waals surface area contributed by atoms with Crippen LogP contribution in [0.5, 0.6) is 0 Å². The monoisotopic (exact) mass is 1110 g/mol. The van der Waals surface area contributed by atoms with Gasteiger partial charge >= 0.3 is 0 Å². The molecule has 0 aliphatic carbocycles. The molecule has 0 saturated heterocycles. The minimum Gasteiger partial charge on any atom is -0.310 e. The van der Waals surface area contributed by atoms with E-state index >= 15 is 0 Å². The highest BCUT2D eigenvalue weighted by molar-refractivity contribution is 6.10. The van der Waals surface area contributed by atoms with Gasteiger partial charge in [0.1, 0.15) is 0 Å². The molecule has 0 radical (unpaired) electrons. The van der Waals surface area contributed by atoms with Gasteiger partial charge < -0.3 is 9.47 Å². The van der Waals surface area contributed by atoms with E-state index in [1.54, 1.807) is 0 Å². The van der Waals surface area contributed by atoms with Crippen LogP contribution >= 0.6 is 0 Å². The van der Waals surface area contributed by atoms with Gasteiger partial charge in [-0.3, -0.25) is 0 Å². The number of nitrogens with zero attached hydrogens (tertiary/aromatic N) is 2. The maximum atomic E-state index is 2.62. The molecular weight excluding hydrogens is 1020 g/mol. The molecule has 1 aromatic heterocycles. The van der Waals surface area contributed by atoms with E-state index in [0.29, 0.717) is 0 Å². The largest absolute Gasteiger partial charge is 0.310 e. The first-order valence-corrected chi connectivity index (χ1v) is 32.0. The van der Waals surface area contributed by atoms with Crippen molar-refractivity contribution in [2.24, 2.45) is 0 Å². The molecule has 85 heavy (non-hydrogen) atoms. The molecule has 11 aromatic rings. The van der Waals surface area contributed by atoms with Gasteiger partial charge in [-0.15, -0.1) is 0 Å². The van der Waals surface area contributed by atoms with Crippen LogP contribution in [-0.4, -0.2) is 4.57 Å². The second kappa shape index (κ2) is 24.4. The molecule has 2 aliphatic rings. The van der Waals surface area contributed by atoms with Gasteiger partial charge in [-0.2, -0.15) is 0 Å². The summed E-state index contributed by atoms with van der Waals surface area (Å²) in [6.07, 6.45) is 13.7. The van der Waals surface area contributed by atoms with Crippen LogP contribution in [-0.2, 0) is 36.5 Å². The lowest BCUT2D eigenvalue weighted by Gasteiger charge is -2.27. The first-order chi connectivity index (χ1) is 41.2. The molecule has 0 spiro atoms. The van der Waals surface area contributed by atoms with Gasteiger partial charge in [0.05, 0.1) is 11.0 Å². The molecule has 2 aliphatic heterocycles. The van der Waals surface area contributed by atoms with Crippen LogP contribution in [0, 0.1) is 6.92 Å². The maximum absolute atomic E-state index is 2.62. The third kappa shape index (κ3) is 12.1. The molecule has 0 saturated carbocycles. The van der Waals surface area contributed by atoms with Crippen LogP contribution in [0.2, 0.25) is 0 Å². The molecule has 10 aromatic carbocycles. The standard InChI is InChI=1S/C83H86N2/c1-10-12-13-15-23-66-54-77-65(22-17-14-16-21-64-53-73(48-50-75(64)63-32-41-69(42-33-63)83(7,8)9)85-80-25-19-18-24-76(80)79-56-67(77)38-51-81(79)85)55-78(66)74-49-47-72(52-57(74)3)84(70-43-34-61(35-44-70)59-28-26-58(20-11-2)27-29-59)71-45-36-62(37-46-71)60-30-39-68(40-31-60)82(4,5)6/h18-19,24-56H,10-17,20-23H2,1-9H3. The first kappa shape index (κ1) is 57.2. The van der Waals surface area contributed by atoms with Gasteiger partial charge in [-0.1, -0.05) is 233 Å². The van der Waals surface area contributed by atoms with Crippen molar-refractivity contribution >= 4 is 38.9 Å². The van der Waals surface area contributed by atoms with E-state index in [4.69, 9.17) is 0 Å². The number of benzene rings is 10. The number of hydrogen-bond acceptors (Lipinski definition) is 1. The van der Waals surface area contributed by atoms with E-state index in [1.807, 2.05) is 0 Å². The predicted molar refractivity (Wildman–Crippen MR) is 368 cm³/mol. The van der Waals surface area contributed by atoms with Crippen LogP contribution in [0.4, 0.5) is 17.1 Å². The van der Waals surface area contributed by atoms with Gasteiger partial charge in [-0.05, 0) is 224 Å². The Morgan fingerprint density at radius 1 is 0.388 bits per heavy atom. The Labute approximate surface area is 508 Å². The van der Waals surface area contributed by atoms with Crippen LogP contribution < -0.4 is 4.90 Å². The van der Waals surface area contributed by atoms with Crippen molar-refractivity contribution in [3.63, 3.8) is 0 Å². The fourth-order valence-corrected chi connectivity index (χ4v) is 13.4.